The summed E-state index contributed by atoms with van der Waals surface area (Å²) >= 11 is 0. The summed E-state index contributed by atoms with van der Waals surface area (Å²) in [6.45, 7) is 13.1. The first kappa shape index (κ1) is 14.4. The summed E-state index contributed by atoms with van der Waals surface area (Å²) in [5.74, 6) is 5.32. The summed E-state index contributed by atoms with van der Waals surface area (Å²) in [6, 6.07) is 0. The van der Waals surface area contributed by atoms with Crippen molar-refractivity contribution in [1.82, 2.24) is 0 Å². The average Bonchev–Trinajstić information content (AvgIpc) is 2.10. The number of carbonyl (C=O) groups excluding carboxylic acids is 1. The highest BCUT2D eigenvalue weighted by Crippen LogP contribution is 2.36. The van der Waals surface area contributed by atoms with Crippen LogP contribution in [0.25, 0.3) is 0 Å². The second kappa shape index (κ2) is 5.48. The van der Waals surface area contributed by atoms with Crippen molar-refractivity contribution in [2.45, 2.75) is 52.2 Å². The Bertz CT molecular complexity index is 276. The maximum atomic E-state index is 10.9. The fraction of sp³-hybridized carbons (Fsp3) is 0.750. The topological polar surface area (TPSA) is 26.3 Å². The van der Waals surface area contributed by atoms with E-state index in [9.17, 15) is 4.79 Å². The van der Waals surface area contributed by atoms with Crippen LogP contribution in [0.3, 0.4) is 0 Å². The van der Waals surface area contributed by atoms with Crippen molar-refractivity contribution in [3.8, 4) is 11.8 Å². The van der Waals surface area contributed by atoms with Gasteiger partial charge < -0.3 is 4.43 Å². The Labute approximate surface area is 94.5 Å². The van der Waals surface area contributed by atoms with Crippen molar-refractivity contribution >= 4 is 14.1 Å². The second-order valence-electron chi connectivity index (χ2n) is 5.13. The molecule has 0 radical (unpaired) electrons. The summed E-state index contributed by atoms with van der Waals surface area (Å²) in [4.78, 5) is 10.9. The van der Waals surface area contributed by atoms with Crippen LogP contribution in [-0.2, 0) is 9.22 Å². The number of rotatable bonds is 3. The van der Waals surface area contributed by atoms with Crippen LogP contribution in [0.15, 0.2) is 0 Å². The predicted molar refractivity (Wildman–Crippen MR) is 66.2 cm³/mol. The lowest BCUT2D eigenvalue weighted by Gasteiger charge is -2.35. The van der Waals surface area contributed by atoms with Crippen LogP contribution < -0.4 is 0 Å². The third kappa shape index (κ3) is 5.15. The van der Waals surface area contributed by atoms with Gasteiger partial charge in [0.15, 0.2) is 8.32 Å². The molecule has 0 fully saturated rings. The van der Waals surface area contributed by atoms with Gasteiger partial charge in [-0.1, -0.05) is 33.6 Å². The van der Waals surface area contributed by atoms with E-state index in [-0.39, 0.29) is 10.8 Å². The number of hydrogen-bond acceptors (Lipinski definition) is 2. The molecule has 0 aromatic heterocycles. The Hall–Kier alpha value is -0.593. The number of ketones is 1. The van der Waals surface area contributed by atoms with Gasteiger partial charge >= 0.3 is 0 Å². The van der Waals surface area contributed by atoms with Gasteiger partial charge in [-0.2, -0.15) is 0 Å². The molecule has 2 nitrogen and oxygen atoms in total. The molecule has 0 saturated carbocycles. The number of carbonyl (C=O) groups is 1. The van der Waals surface area contributed by atoms with E-state index >= 15 is 0 Å². The van der Waals surface area contributed by atoms with Crippen LogP contribution in [0.5, 0.6) is 0 Å². The van der Waals surface area contributed by atoms with Crippen molar-refractivity contribution in [3.63, 3.8) is 0 Å². The van der Waals surface area contributed by atoms with E-state index < -0.39 is 8.32 Å². The first-order valence-electron chi connectivity index (χ1n) is 5.36. The predicted octanol–water partition coefficient (Wildman–Crippen LogP) is 2.99. The Morgan fingerprint density at radius 3 is 2.27 bits per heavy atom. The third-order valence-electron chi connectivity index (χ3n) is 2.86. The zero-order valence-corrected chi connectivity index (χ0v) is 11.7. The van der Waals surface area contributed by atoms with Crippen LogP contribution in [-0.4, -0.2) is 20.7 Å². The number of Topliss-reactive ketones (excluding diaryl/α,β-unsaturated/α-hetero) is 1. The highest BCUT2D eigenvalue weighted by molar-refractivity contribution is 6.74. The SMILES string of the molecule is CCC(=O)C#CCO[Si](C)(C)C(C)(C)C. The Kier molecular flexibility index (Phi) is 5.26. The summed E-state index contributed by atoms with van der Waals surface area (Å²) in [6.07, 6.45) is 0.479. The molecule has 15 heavy (non-hydrogen) atoms. The highest BCUT2D eigenvalue weighted by Gasteiger charge is 2.36. The van der Waals surface area contributed by atoms with E-state index in [4.69, 9.17) is 4.43 Å². The van der Waals surface area contributed by atoms with Crippen LogP contribution >= 0.6 is 0 Å². The second-order valence-corrected chi connectivity index (χ2v) is 9.94. The molecule has 0 aliphatic rings. The van der Waals surface area contributed by atoms with Gasteiger partial charge in [-0.15, -0.1) is 0 Å². The molecule has 0 spiro atoms. The summed E-state index contributed by atoms with van der Waals surface area (Å²) in [5, 5.41) is 0.198. The van der Waals surface area contributed by atoms with Gasteiger partial charge in [-0.05, 0) is 24.1 Å². The fourth-order valence-electron chi connectivity index (χ4n) is 0.656. The summed E-state index contributed by atoms with van der Waals surface area (Å²) in [7, 11) is -1.70. The molecular weight excluding hydrogens is 204 g/mol. The first-order chi connectivity index (χ1) is 6.70. The molecule has 86 valence electrons. The highest BCUT2D eigenvalue weighted by atomic mass is 28.4. The smallest absolute Gasteiger partial charge is 0.205 e. The van der Waals surface area contributed by atoms with E-state index in [0.717, 1.165) is 0 Å². The van der Waals surface area contributed by atoms with E-state index in [1.165, 1.54) is 0 Å². The van der Waals surface area contributed by atoms with Gasteiger partial charge in [0.05, 0.1) is 6.61 Å². The van der Waals surface area contributed by atoms with Crippen molar-refractivity contribution in [3.05, 3.63) is 0 Å². The minimum absolute atomic E-state index is 0.0196. The number of hydrogen-bond donors (Lipinski definition) is 0. The average molecular weight is 226 g/mol. The summed E-state index contributed by atoms with van der Waals surface area (Å²) in [5.41, 5.74) is 0. The van der Waals surface area contributed by atoms with Gasteiger partial charge in [0.1, 0.15) is 0 Å². The molecule has 0 rings (SSSR count). The van der Waals surface area contributed by atoms with E-state index in [1.807, 2.05) is 6.92 Å². The van der Waals surface area contributed by atoms with Crippen molar-refractivity contribution < 1.29 is 9.22 Å². The van der Waals surface area contributed by atoms with Gasteiger partial charge in [0.25, 0.3) is 0 Å². The van der Waals surface area contributed by atoms with Crippen LogP contribution in [0.4, 0.5) is 0 Å². The van der Waals surface area contributed by atoms with Crippen LogP contribution in [0.2, 0.25) is 18.1 Å². The normalized spacial score (nSPS) is 11.9. The van der Waals surface area contributed by atoms with Gasteiger partial charge in [-0.25, -0.2) is 0 Å². The molecule has 3 heteroatoms. The Balaban J connectivity index is 4.16. The molecule has 0 saturated heterocycles. The molecule has 0 aromatic carbocycles. The molecule has 0 amide bonds. The van der Waals surface area contributed by atoms with Gasteiger partial charge in [0.2, 0.25) is 5.78 Å². The molecule has 0 bridgehead atoms. The van der Waals surface area contributed by atoms with Crippen molar-refractivity contribution in [2.24, 2.45) is 0 Å². The lowest BCUT2D eigenvalue weighted by molar-refractivity contribution is -0.113. The Morgan fingerprint density at radius 2 is 1.87 bits per heavy atom. The molecule has 0 aromatic rings. The monoisotopic (exact) mass is 226 g/mol. The molecule has 0 N–H and O–H groups in total. The van der Waals surface area contributed by atoms with E-state index in [0.29, 0.717) is 13.0 Å². The fourth-order valence-corrected chi connectivity index (χ4v) is 1.52. The minimum atomic E-state index is -1.70. The molecule has 0 unspecified atom stereocenters. The van der Waals surface area contributed by atoms with Crippen molar-refractivity contribution in [1.29, 1.82) is 0 Å². The van der Waals surface area contributed by atoms with Crippen LogP contribution in [0, 0.1) is 11.8 Å². The minimum Gasteiger partial charge on any atom is -0.406 e. The zero-order valence-electron chi connectivity index (χ0n) is 10.7. The molecule has 0 aliphatic heterocycles. The maximum Gasteiger partial charge on any atom is 0.205 e. The zero-order chi connectivity index (χ0) is 12.1. The van der Waals surface area contributed by atoms with Gasteiger partial charge in [0, 0.05) is 6.42 Å². The first-order valence-corrected chi connectivity index (χ1v) is 8.27. The molecule has 0 aliphatic carbocycles. The molecular formula is C12H22O2Si. The lowest BCUT2D eigenvalue weighted by atomic mass is 10.2. The van der Waals surface area contributed by atoms with Crippen molar-refractivity contribution in [2.75, 3.05) is 6.61 Å². The maximum absolute atomic E-state index is 10.9. The van der Waals surface area contributed by atoms with Gasteiger partial charge in [-0.3, -0.25) is 4.79 Å². The largest absolute Gasteiger partial charge is 0.406 e. The standard InChI is InChI=1S/C12H22O2Si/c1-7-11(13)9-8-10-14-15(5,6)12(2,3)4/h7,10H2,1-6H3. The quantitative estimate of drug-likeness (QED) is 0.420. The lowest BCUT2D eigenvalue weighted by Crippen LogP contribution is -2.40. The Morgan fingerprint density at radius 1 is 1.33 bits per heavy atom. The molecule has 0 atom stereocenters. The summed E-state index contributed by atoms with van der Waals surface area (Å²) < 4.78 is 5.80. The third-order valence-corrected chi connectivity index (χ3v) is 7.34. The van der Waals surface area contributed by atoms with Crippen LogP contribution in [0.1, 0.15) is 34.1 Å². The van der Waals surface area contributed by atoms with E-state index in [1.54, 1.807) is 0 Å². The van der Waals surface area contributed by atoms with E-state index in [2.05, 4.69) is 45.7 Å². The molecule has 0 heterocycles.